The van der Waals surface area contributed by atoms with Gasteiger partial charge in [0.2, 0.25) is 0 Å². The Labute approximate surface area is 109 Å². The molecular formula is C13H23N5. The first-order valence-electron chi connectivity index (χ1n) is 6.68. The number of hydrazine groups is 1. The molecule has 0 amide bonds. The Morgan fingerprint density at radius 3 is 2.78 bits per heavy atom. The lowest BCUT2D eigenvalue weighted by Crippen LogP contribution is -2.46. The zero-order valence-electron chi connectivity index (χ0n) is 11.3. The van der Waals surface area contributed by atoms with Gasteiger partial charge in [0.15, 0.2) is 0 Å². The molecule has 0 bridgehead atoms. The van der Waals surface area contributed by atoms with Crippen LogP contribution in [0.2, 0.25) is 0 Å². The third-order valence-corrected chi connectivity index (χ3v) is 3.11. The van der Waals surface area contributed by atoms with Gasteiger partial charge in [0.1, 0.15) is 5.82 Å². The first kappa shape index (κ1) is 13.1. The van der Waals surface area contributed by atoms with Crippen molar-refractivity contribution >= 4 is 11.5 Å². The normalized spacial score (nSPS) is 17.7. The van der Waals surface area contributed by atoms with E-state index in [1.807, 2.05) is 12.3 Å². The first-order chi connectivity index (χ1) is 8.78. The summed E-state index contributed by atoms with van der Waals surface area (Å²) in [7, 11) is 2.16. The highest BCUT2D eigenvalue weighted by Gasteiger charge is 2.13. The zero-order chi connectivity index (χ0) is 12.8. The fraction of sp³-hybridized carbons (Fsp3) is 0.615. The van der Waals surface area contributed by atoms with Gasteiger partial charge in [0.25, 0.3) is 0 Å². The molecule has 1 fully saturated rings. The van der Waals surface area contributed by atoms with Crippen molar-refractivity contribution < 1.29 is 0 Å². The Morgan fingerprint density at radius 1 is 1.28 bits per heavy atom. The molecule has 0 atom stereocenters. The van der Waals surface area contributed by atoms with Crippen LogP contribution in [-0.2, 0) is 0 Å². The van der Waals surface area contributed by atoms with Crippen LogP contribution in [0.1, 0.15) is 13.3 Å². The van der Waals surface area contributed by atoms with Crippen molar-refractivity contribution in [3.05, 3.63) is 18.3 Å². The summed E-state index contributed by atoms with van der Waals surface area (Å²) in [5.41, 5.74) is 4.55. The highest BCUT2D eigenvalue weighted by molar-refractivity contribution is 5.51. The van der Waals surface area contributed by atoms with E-state index in [2.05, 4.69) is 45.7 Å². The summed E-state index contributed by atoms with van der Waals surface area (Å²) >= 11 is 0. The topological polar surface area (TPSA) is 43.4 Å². The molecule has 0 radical (unpaired) electrons. The summed E-state index contributed by atoms with van der Waals surface area (Å²) in [6.45, 7) is 7.44. The van der Waals surface area contributed by atoms with Crippen LogP contribution in [0.25, 0.3) is 0 Å². The fourth-order valence-electron chi connectivity index (χ4n) is 1.95. The number of nitrogens with zero attached hydrogens (tertiary/aromatic N) is 3. The molecular weight excluding hydrogens is 226 g/mol. The maximum atomic E-state index is 4.30. The minimum Gasteiger partial charge on any atom is -0.370 e. The van der Waals surface area contributed by atoms with Gasteiger partial charge in [-0.3, -0.25) is 0 Å². The molecule has 5 nitrogen and oxygen atoms in total. The number of rotatable bonds is 5. The smallest absolute Gasteiger partial charge is 0.127 e. The first-order valence-corrected chi connectivity index (χ1v) is 6.68. The second-order valence-corrected chi connectivity index (χ2v) is 4.76. The van der Waals surface area contributed by atoms with Crippen LogP contribution in [0.3, 0.4) is 0 Å². The van der Waals surface area contributed by atoms with Crippen LogP contribution in [0.15, 0.2) is 18.3 Å². The molecule has 2 heterocycles. The van der Waals surface area contributed by atoms with Crippen LogP contribution < -0.4 is 10.7 Å². The standard InChI is InChI=1S/C13H23N5/c1-3-5-14-13-11-12(4-6-15-13)16-18-9-7-17(2)8-10-18/h4,6,11H,3,5,7-10H2,1-2H3,(H2,14,15,16). The Balaban J connectivity index is 1.88. The number of likely N-dealkylation sites (N-methyl/N-ethyl adjacent to an activating group) is 1. The van der Waals surface area contributed by atoms with Crippen molar-refractivity contribution in [2.75, 3.05) is 50.5 Å². The Kier molecular flexibility index (Phi) is 4.78. The molecule has 100 valence electrons. The summed E-state index contributed by atoms with van der Waals surface area (Å²) in [6.07, 6.45) is 2.95. The third-order valence-electron chi connectivity index (χ3n) is 3.11. The van der Waals surface area contributed by atoms with Crippen LogP contribution in [-0.4, -0.2) is 54.7 Å². The van der Waals surface area contributed by atoms with Gasteiger partial charge in [-0.05, 0) is 19.5 Å². The predicted octanol–water partition coefficient (Wildman–Crippen LogP) is 1.48. The van der Waals surface area contributed by atoms with Crippen LogP contribution >= 0.6 is 0 Å². The lowest BCUT2D eigenvalue weighted by atomic mass is 10.3. The minimum atomic E-state index is 0.941. The molecule has 1 aromatic heterocycles. The summed E-state index contributed by atoms with van der Waals surface area (Å²) < 4.78 is 0. The molecule has 2 N–H and O–H groups in total. The predicted molar refractivity (Wildman–Crippen MR) is 75.7 cm³/mol. The van der Waals surface area contributed by atoms with Gasteiger partial charge in [-0.1, -0.05) is 6.92 Å². The molecule has 0 aromatic carbocycles. The van der Waals surface area contributed by atoms with Crippen LogP contribution in [0.5, 0.6) is 0 Å². The Morgan fingerprint density at radius 2 is 2.06 bits per heavy atom. The van der Waals surface area contributed by atoms with Gasteiger partial charge >= 0.3 is 0 Å². The van der Waals surface area contributed by atoms with Crippen molar-refractivity contribution in [1.82, 2.24) is 14.9 Å². The average molecular weight is 249 g/mol. The number of hydrogen-bond donors (Lipinski definition) is 2. The summed E-state index contributed by atoms with van der Waals surface area (Å²) in [5.74, 6) is 0.941. The van der Waals surface area contributed by atoms with Gasteiger partial charge in [0.05, 0.1) is 5.69 Å². The number of aromatic nitrogens is 1. The van der Waals surface area contributed by atoms with Crippen molar-refractivity contribution in [3.63, 3.8) is 0 Å². The van der Waals surface area contributed by atoms with Gasteiger partial charge in [-0.2, -0.15) is 0 Å². The summed E-state index contributed by atoms with van der Waals surface area (Å²) in [4.78, 5) is 6.65. The lowest BCUT2D eigenvalue weighted by Gasteiger charge is -2.33. The minimum absolute atomic E-state index is 0.941. The van der Waals surface area contributed by atoms with E-state index in [0.717, 1.165) is 50.6 Å². The number of piperazine rings is 1. The molecule has 2 rings (SSSR count). The van der Waals surface area contributed by atoms with Gasteiger partial charge < -0.3 is 15.6 Å². The maximum Gasteiger partial charge on any atom is 0.127 e. The summed E-state index contributed by atoms with van der Waals surface area (Å²) in [5, 5.41) is 5.56. The number of anilines is 2. The number of pyridine rings is 1. The van der Waals surface area contributed by atoms with Crippen LogP contribution in [0, 0.1) is 0 Å². The van der Waals surface area contributed by atoms with E-state index >= 15 is 0 Å². The Hall–Kier alpha value is -1.33. The molecule has 1 aliphatic rings. The molecule has 0 saturated carbocycles. The monoisotopic (exact) mass is 249 g/mol. The second kappa shape index (κ2) is 6.56. The van der Waals surface area contributed by atoms with Gasteiger partial charge in [-0.15, -0.1) is 0 Å². The van der Waals surface area contributed by atoms with Crippen molar-refractivity contribution in [2.45, 2.75) is 13.3 Å². The fourth-order valence-corrected chi connectivity index (χ4v) is 1.95. The SMILES string of the molecule is CCCNc1cc(NN2CCN(C)CC2)ccn1. The van der Waals surface area contributed by atoms with Gasteiger partial charge in [-0.25, -0.2) is 9.99 Å². The number of nitrogens with one attached hydrogen (secondary N) is 2. The van der Waals surface area contributed by atoms with E-state index in [0.29, 0.717) is 0 Å². The molecule has 0 unspecified atom stereocenters. The highest BCUT2D eigenvalue weighted by atomic mass is 15.5. The average Bonchev–Trinajstić information content (AvgIpc) is 2.40. The van der Waals surface area contributed by atoms with E-state index in [9.17, 15) is 0 Å². The summed E-state index contributed by atoms with van der Waals surface area (Å²) in [6, 6.07) is 4.07. The molecule has 5 heteroatoms. The van der Waals surface area contributed by atoms with Crippen molar-refractivity contribution in [1.29, 1.82) is 0 Å². The quantitative estimate of drug-likeness (QED) is 0.827. The largest absolute Gasteiger partial charge is 0.370 e. The maximum absolute atomic E-state index is 4.30. The van der Waals surface area contributed by atoms with Crippen molar-refractivity contribution in [3.8, 4) is 0 Å². The van der Waals surface area contributed by atoms with E-state index in [1.165, 1.54) is 0 Å². The molecule has 1 saturated heterocycles. The third kappa shape index (κ3) is 3.85. The Bertz CT molecular complexity index is 360. The molecule has 18 heavy (non-hydrogen) atoms. The van der Waals surface area contributed by atoms with Gasteiger partial charge in [0, 0.05) is 45.0 Å². The molecule has 0 spiro atoms. The van der Waals surface area contributed by atoms with E-state index in [1.54, 1.807) is 0 Å². The zero-order valence-corrected chi connectivity index (χ0v) is 11.3. The second-order valence-electron chi connectivity index (χ2n) is 4.76. The molecule has 1 aromatic rings. The molecule has 0 aliphatic carbocycles. The van der Waals surface area contributed by atoms with Crippen molar-refractivity contribution in [2.24, 2.45) is 0 Å². The van der Waals surface area contributed by atoms with E-state index in [4.69, 9.17) is 0 Å². The number of hydrogen-bond acceptors (Lipinski definition) is 5. The highest BCUT2D eigenvalue weighted by Crippen LogP contribution is 2.13. The van der Waals surface area contributed by atoms with E-state index < -0.39 is 0 Å². The van der Waals surface area contributed by atoms with Crippen LogP contribution in [0.4, 0.5) is 11.5 Å². The lowest BCUT2D eigenvalue weighted by molar-refractivity contribution is 0.179. The van der Waals surface area contributed by atoms with E-state index in [-0.39, 0.29) is 0 Å². The molecule has 1 aliphatic heterocycles.